The molecule has 0 fully saturated rings. The SMILES string of the molecule is C=C(C)C1CC=C(C2C3=C(COC3=O)Nc3n[nH]c(C)c32)CC1. The van der Waals surface area contributed by atoms with E-state index in [4.69, 9.17) is 4.74 Å². The number of rotatable bonds is 2. The van der Waals surface area contributed by atoms with Crippen molar-refractivity contribution in [1.29, 1.82) is 0 Å². The molecule has 0 saturated carbocycles. The summed E-state index contributed by atoms with van der Waals surface area (Å²) in [5.41, 5.74) is 6.27. The molecule has 1 aromatic rings. The number of nitrogens with zero attached hydrogens (tertiary/aromatic N) is 1. The molecule has 2 N–H and O–H groups in total. The number of carbonyl (C=O) groups excluding carboxylic acids is 1. The van der Waals surface area contributed by atoms with Gasteiger partial charge in [-0.05, 0) is 39.0 Å². The Kier molecular flexibility index (Phi) is 3.18. The Morgan fingerprint density at radius 1 is 1.48 bits per heavy atom. The molecule has 0 radical (unpaired) electrons. The Hall–Kier alpha value is -2.30. The van der Waals surface area contributed by atoms with Crippen molar-refractivity contribution in [2.75, 3.05) is 11.9 Å². The molecule has 0 spiro atoms. The van der Waals surface area contributed by atoms with E-state index in [0.29, 0.717) is 12.5 Å². The Morgan fingerprint density at radius 2 is 2.30 bits per heavy atom. The summed E-state index contributed by atoms with van der Waals surface area (Å²) in [7, 11) is 0. The van der Waals surface area contributed by atoms with Crippen LogP contribution in [-0.4, -0.2) is 22.8 Å². The molecule has 0 saturated heterocycles. The van der Waals surface area contributed by atoms with Crippen molar-refractivity contribution < 1.29 is 9.53 Å². The zero-order chi connectivity index (χ0) is 16.1. The van der Waals surface area contributed by atoms with Crippen molar-refractivity contribution >= 4 is 11.8 Å². The molecule has 0 aromatic carbocycles. The number of anilines is 1. The number of cyclic esters (lactones) is 1. The predicted molar refractivity (Wildman–Crippen MR) is 87.9 cm³/mol. The molecule has 0 bridgehead atoms. The molecule has 120 valence electrons. The van der Waals surface area contributed by atoms with Gasteiger partial charge >= 0.3 is 5.97 Å². The fourth-order valence-corrected chi connectivity index (χ4v) is 3.92. The number of aryl methyl sites for hydroxylation is 1. The van der Waals surface area contributed by atoms with Crippen LogP contribution in [0.25, 0.3) is 0 Å². The Labute approximate surface area is 135 Å². The molecule has 2 atom stereocenters. The number of aromatic nitrogens is 2. The largest absolute Gasteiger partial charge is 0.456 e. The first kappa shape index (κ1) is 14.3. The highest BCUT2D eigenvalue weighted by atomic mass is 16.5. The lowest BCUT2D eigenvalue weighted by Gasteiger charge is -2.30. The third-order valence-electron chi connectivity index (χ3n) is 5.25. The third-order valence-corrected chi connectivity index (χ3v) is 5.25. The first-order valence-electron chi connectivity index (χ1n) is 8.12. The van der Waals surface area contributed by atoms with Gasteiger partial charge in [0.25, 0.3) is 0 Å². The smallest absolute Gasteiger partial charge is 0.337 e. The number of carbonyl (C=O) groups is 1. The van der Waals surface area contributed by atoms with Gasteiger partial charge in [-0.1, -0.05) is 23.8 Å². The van der Waals surface area contributed by atoms with Gasteiger partial charge in [0.2, 0.25) is 0 Å². The number of hydrogen-bond acceptors (Lipinski definition) is 4. The van der Waals surface area contributed by atoms with Crippen molar-refractivity contribution in [3.63, 3.8) is 0 Å². The molecule has 23 heavy (non-hydrogen) atoms. The number of ether oxygens (including phenoxy) is 1. The first-order chi connectivity index (χ1) is 11.1. The average Bonchev–Trinajstić information content (AvgIpc) is 3.10. The van der Waals surface area contributed by atoms with E-state index in [9.17, 15) is 4.79 Å². The zero-order valence-corrected chi connectivity index (χ0v) is 13.5. The number of aromatic amines is 1. The molecule has 1 aromatic heterocycles. The first-order valence-corrected chi connectivity index (χ1v) is 8.12. The summed E-state index contributed by atoms with van der Waals surface area (Å²) in [5.74, 6) is 1.15. The van der Waals surface area contributed by atoms with Gasteiger partial charge in [-0.2, -0.15) is 5.10 Å². The van der Waals surface area contributed by atoms with E-state index < -0.39 is 0 Å². The van der Waals surface area contributed by atoms with Crippen molar-refractivity contribution in [2.24, 2.45) is 5.92 Å². The molecule has 3 aliphatic rings. The van der Waals surface area contributed by atoms with Gasteiger partial charge in [-0.3, -0.25) is 5.10 Å². The summed E-state index contributed by atoms with van der Waals surface area (Å²) in [6.45, 7) is 8.51. The lowest BCUT2D eigenvalue weighted by atomic mass is 9.75. The van der Waals surface area contributed by atoms with E-state index in [2.05, 4.69) is 35.1 Å². The van der Waals surface area contributed by atoms with Gasteiger partial charge in [0.15, 0.2) is 5.82 Å². The monoisotopic (exact) mass is 311 g/mol. The number of H-pyrrole nitrogens is 1. The van der Waals surface area contributed by atoms with Crippen LogP contribution < -0.4 is 5.32 Å². The predicted octanol–water partition coefficient (Wildman–Crippen LogP) is 3.34. The molecule has 1 aliphatic carbocycles. The molecule has 2 aliphatic heterocycles. The van der Waals surface area contributed by atoms with Crippen LogP contribution in [0.4, 0.5) is 5.82 Å². The Morgan fingerprint density at radius 3 is 3.00 bits per heavy atom. The standard InChI is InChI=1S/C18H21N3O2/c1-9(2)11-4-6-12(7-5-11)15-14-10(3)20-21-17(14)19-13-8-23-18(22)16(13)15/h6,11,15H,1,4-5,7-8H2,2-3H3,(H2,19,20,21). The molecule has 4 rings (SSSR count). The van der Waals surface area contributed by atoms with Crippen LogP contribution in [0, 0.1) is 12.8 Å². The van der Waals surface area contributed by atoms with E-state index in [0.717, 1.165) is 47.6 Å². The summed E-state index contributed by atoms with van der Waals surface area (Å²) >= 11 is 0. The van der Waals surface area contributed by atoms with Gasteiger partial charge in [0.1, 0.15) is 6.61 Å². The Balaban J connectivity index is 1.77. The van der Waals surface area contributed by atoms with Crippen molar-refractivity contribution in [2.45, 2.75) is 39.0 Å². The number of esters is 1. The number of hydrogen-bond donors (Lipinski definition) is 2. The maximum atomic E-state index is 12.3. The van der Waals surface area contributed by atoms with E-state index in [1.807, 2.05) is 6.92 Å². The molecule has 5 nitrogen and oxygen atoms in total. The second kappa shape index (κ2) is 5.11. The van der Waals surface area contributed by atoms with Crippen molar-refractivity contribution in [3.8, 4) is 0 Å². The van der Waals surface area contributed by atoms with Crippen molar-refractivity contribution in [1.82, 2.24) is 10.2 Å². The molecule has 5 heteroatoms. The highest BCUT2D eigenvalue weighted by Crippen LogP contribution is 2.47. The van der Waals surface area contributed by atoms with Gasteiger partial charge in [-0.25, -0.2) is 4.79 Å². The van der Waals surface area contributed by atoms with E-state index in [-0.39, 0.29) is 11.9 Å². The minimum Gasteiger partial charge on any atom is -0.456 e. The fraction of sp³-hybridized carbons (Fsp3) is 0.444. The molecular weight excluding hydrogens is 290 g/mol. The lowest BCUT2D eigenvalue weighted by Crippen LogP contribution is -2.22. The lowest BCUT2D eigenvalue weighted by molar-refractivity contribution is -0.136. The summed E-state index contributed by atoms with van der Waals surface area (Å²) in [6, 6.07) is 0. The van der Waals surface area contributed by atoms with Crippen LogP contribution in [0.15, 0.2) is 35.1 Å². The minimum atomic E-state index is -0.202. The van der Waals surface area contributed by atoms with Gasteiger partial charge < -0.3 is 10.1 Å². The van der Waals surface area contributed by atoms with Gasteiger partial charge in [0, 0.05) is 17.2 Å². The second-order valence-electron chi connectivity index (χ2n) is 6.73. The van der Waals surface area contributed by atoms with Crippen LogP contribution in [0.2, 0.25) is 0 Å². The summed E-state index contributed by atoms with van der Waals surface area (Å²) in [5, 5.41) is 10.7. The zero-order valence-electron chi connectivity index (χ0n) is 13.5. The summed E-state index contributed by atoms with van der Waals surface area (Å²) in [6.07, 6.45) is 5.37. The van der Waals surface area contributed by atoms with Crippen molar-refractivity contribution in [3.05, 3.63) is 46.3 Å². The van der Waals surface area contributed by atoms with E-state index in [1.165, 1.54) is 11.1 Å². The third kappa shape index (κ3) is 2.14. The molecular formula is C18H21N3O2. The highest BCUT2D eigenvalue weighted by Gasteiger charge is 2.41. The number of allylic oxidation sites excluding steroid dienone is 3. The summed E-state index contributed by atoms with van der Waals surface area (Å²) in [4.78, 5) is 12.3. The van der Waals surface area contributed by atoms with Gasteiger partial charge in [0.05, 0.1) is 11.3 Å². The maximum Gasteiger partial charge on any atom is 0.337 e. The van der Waals surface area contributed by atoms with Crippen LogP contribution >= 0.6 is 0 Å². The van der Waals surface area contributed by atoms with E-state index in [1.54, 1.807) is 0 Å². The highest BCUT2D eigenvalue weighted by molar-refractivity contribution is 5.97. The molecule has 2 unspecified atom stereocenters. The van der Waals surface area contributed by atoms with Gasteiger partial charge in [-0.15, -0.1) is 0 Å². The quantitative estimate of drug-likeness (QED) is 0.649. The van der Waals surface area contributed by atoms with Crippen LogP contribution in [-0.2, 0) is 9.53 Å². The number of fused-ring (bicyclic) bond motifs is 1. The molecule has 3 heterocycles. The van der Waals surface area contributed by atoms with E-state index >= 15 is 0 Å². The minimum absolute atomic E-state index is 0.0268. The molecule has 0 amide bonds. The normalized spacial score (nSPS) is 26.2. The maximum absolute atomic E-state index is 12.3. The van der Waals surface area contributed by atoms with Crippen LogP contribution in [0.1, 0.15) is 43.4 Å². The Bertz CT molecular complexity index is 769. The number of nitrogens with one attached hydrogen (secondary N) is 2. The average molecular weight is 311 g/mol. The topological polar surface area (TPSA) is 67.0 Å². The second-order valence-corrected chi connectivity index (χ2v) is 6.73. The van der Waals surface area contributed by atoms with Crippen LogP contribution in [0.3, 0.4) is 0 Å². The van der Waals surface area contributed by atoms with Crippen LogP contribution in [0.5, 0.6) is 0 Å². The fourth-order valence-electron chi connectivity index (χ4n) is 3.92. The summed E-state index contributed by atoms with van der Waals surface area (Å²) < 4.78 is 5.27.